The van der Waals surface area contributed by atoms with E-state index in [1.807, 2.05) is 0 Å². The molecule has 0 bridgehead atoms. The maximum atomic E-state index is 10.1. The van der Waals surface area contributed by atoms with Crippen molar-refractivity contribution < 1.29 is 5.11 Å². The first kappa shape index (κ1) is 10.1. The molecule has 4 heteroatoms. The largest absolute Gasteiger partial charge is 0.387 e. The van der Waals surface area contributed by atoms with Crippen LogP contribution in [0.5, 0.6) is 0 Å². The first-order valence-electron chi connectivity index (χ1n) is 5.33. The zero-order valence-corrected chi connectivity index (χ0v) is 9.04. The van der Waals surface area contributed by atoms with Crippen molar-refractivity contribution in [1.82, 2.24) is 9.59 Å². The lowest BCUT2D eigenvalue weighted by atomic mass is 9.93. The molecule has 78 valence electrons. The Morgan fingerprint density at radius 1 is 1.29 bits per heavy atom. The maximum absolute atomic E-state index is 10.1. The summed E-state index contributed by atoms with van der Waals surface area (Å²) in [5, 5.41) is 13.9. The summed E-state index contributed by atoms with van der Waals surface area (Å²) in [6.07, 6.45) is 8.84. The molecule has 0 radical (unpaired) electrons. The van der Waals surface area contributed by atoms with Crippen LogP contribution in [0.25, 0.3) is 0 Å². The van der Waals surface area contributed by atoms with E-state index in [9.17, 15) is 5.11 Å². The Balaban J connectivity index is 1.99. The molecule has 1 atom stereocenters. The van der Waals surface area contributed by atoms with Crippen molar-refractivity contribution in [1.29, 1.82) is 0 Å². The predicted molar refractivity (Wildman–Crippen MR) is 56.1 cm³/mol. The summed E-state index contributed by atoms with van der Waals surface area (Å²) >= 11 is 1.32. The number of rotatable bonds is 2. The Labute approximate surface area is 88.3 Å². The van der Waals surface area contributed by atoms with Crippen LogP contribution in [0.3, 0.4) is 0 Å². The molecule has 1 unspecified atom stereocenters. The summed E-state index contributed by atoms with van der Waals surface area (Å²) in [7, 11) is 0. The van der Waals surface area contributed by atoms with Gasteiger partial charge in [0.2, 0.25) is 0 Å². The summed E-state index contributed by atoms with van der Waals surface area (Å²) < 4.78 is 3.79. The van der Waals surface area contributed by atoms with Crippen LogP contribution in [0.1, 0.15) is 49.5 Å². The highest BCUT2D eigenvalue weighted by Gasteiger charge is 2.23. The average Bonchev–Trinajstić information content (AvgIpc) is 2.59. The third kappa shape index (κ3) is 2.30. The van der Waals surface area contributed by atoms with E-state index in [4.69, 9.17) is 0 Å². The quantitative estimate of drug-likeness (QED) is 0.766. The SMILES string of the molecule is OC(c1cnns1)C1CCCCCC1. The maximum Gasteiger partial charge on any atom is 0.0942 e. The number of aliphatic hydroxyl groups excluding tert-OH is 1. The van der Waals surface area contributed by atoms with Crippen molar-refractivity contribution in [3.05, 3.63) is 11.1 Å². The molecule has 0 spiro atoms. The van der Waals surface area contributed by atoms with Gasteiger partial charge in [-0.25, -0.2) is 0 Å². The van der Waals surface area contributed by atoms with E-state index in [1.165, 1.54) is 37.2 Å². The molecule has 0 saturated heterocycles. The molecular weight excluding hydrogens is 196 g/mol. The molecule has 1 fully saturated rings. The van der Waals surface area contributed by atoms with Gasteiger partial charge in [0, 0.05) is 0 Å². The molecule has 1 aromatic rings. The number of hydrogen-bond acceptors (Lipinski definition) is 4. The first-order valence-corrected chi connectivity index (χ1v) is 6.10. The van der Waals surface area contributed by atoms with Crippen molar-refractivity contribution in [3.8, 4) is 0 Å². The molecule has 1 N–H and O–H groups in total. The van der Waals surface area contributed by atoms with Crippen molar-refractivity contribution in [2.75, 3.05) is 0 Å². The standard InChI is InChI=1S/C10H16N2OS/c13-10(9-7-11-12-14-9)8-5-3-1-2-4-6-8/h7-8,10,13H,1-6H2. The fourth-order valence-corrected chi connectivity index (χ4v) is 2.75. The molecule has 0 aliphatic heterocycles. The van der Waals surface area contributed by atoms with Crippen molar-refractivity contribution >= 4 is 11.5 Å². The highest BCUT2D eigenvalue weighted by Crippen LogP contribution is 2.34. The lowest BCUT2D eigenvalue weighted by molar-refractivity contribution is 0.102. The van der Waals surface area contributed by atoms with E-state index in [1.54, 1.807) is 6.20 Å². The van der Waals surface area contributed by atoms with Gasteiger partial charge in [0.15, 0.2) is 0 Å². The van der Waals surface area contributed by atoms with E-state index >= 15 is 0 Å². The van der Waals surface area contributed by atoms with Gasteiger partial charge in [-0.3, -0.25) is 0 Å². The Morgan fingerprint density at radius 3 is 2.57 bits per heavy atom. The predicted octanol–water partition coefficient (Wildman–Crippen LogP) is 2.54. The first-order chi connectivity index (χ1) is 6.88. The molecule has 0 amide bonds. The molecule has 14 heavy (non-hydrogen) atoms. The smallest absolute Gasteiger partial charge is 0.0942 e. The summed E-state index contributed by atoms with van der Waals surface area (Å²) in [4.78, 5) is 0.928. The Hall–Kier alpha value is -0.480. The van der Waals surface area contributed by atoms with Crippen LogP contribution in [0.15, 0.2) is 6.20 Å². The molecule has 0 aromatic carbocycles. The van der Waals surface area contributed by atoms with Gasteiger partial charge >= 0.3 is 0 Å². The number of aromatic nitrogens is 2. The summed E-state index contributed by atoms with van der Waals surface area (Å²) in [6.45, 7) is 0. The second-order valence-electron chi connectivity index (χ2n) is 4.02. The molecular formula is C10H16N2OS. The third-order valence-electron chi connectivity index (χ3n) is 3.02. The minimum absolute atomic E-state index is 0.326. The van der Waals surface area contributed by atoms with Crippen LogP contribution in [0, 0.1) is 5.92 Å². The molecule has 1 saturated carbocycles. The van der Waals surface area contributed by atoms with Gasteiger partial charge in [0.25, 0.3) is 0 Å². The highest BCUT2D eigenvalue weighted by atomic mass is 32.1. The van der Waals surface area contributed by atoms with Gasteiger partial charge in [0.1, 0.15) is 0 Å². The van der Waals surface area contributed by atoms with E-state index < -0.39 is 0 Å². The van der Waals surface area contributed by atoms with E-state index in [0.717, 1.165) is 17.7 Å². The van der Waals surface area contributed by atoms with Crippen LogP contribution in [-0.4, -0.2) is 14.7 Å². The monoisotopic (exact) mass is 212 g/mol. The minimum atomic E-state index is -0.326. The molecule has 1 aliphatic carbocycles. The molecule has 3 nitrogen and oxygen atoms in total. The average molecular weight is 212 g/mol. The van der Waals surface area contributed by atoms with Crippen LogP contribution >= 0.6 is 11.5 Å². The van der Waals surface area contributed by atoms with Gasteiger partial charge in [-0.15, -0.1) is 5.10 Å². The van der Waals surface area contributed by atoms with Crippen molar-refractivity contribution in [2.45, 2.75) is 44.6 Å². The van der Waals surface area contributed by atoms with E-state index in [2.05, 4.69) is 9.59 Å². The summed E-state index contributed by atoms with van der Waals surface area (Å²) in [5.41, 5.74) is 0. The second kappa shape index (κ2) is 4.84. The van der Waals surface area contributed by atoms with Gasteiger partial charge in [0.05, 0.1) is 17.2 Å². The molecule has 1 heterocycles. The topological polar surface area (TPSA) is 46.0 Å². The van der Waals surface area contributed by atoms with E-state index in [0.29, 0.717) is 5.92 Å². The van der Waals surface area contributed by atoms with Gasteiger partial charge in [-0.1, -0.05) is 30.2 Å². The molecule has 2 rings (SSSR count). The van der Waals surface area contributed by atoms with Crippen LogP contribution in [0.4, 0.5) is 0 Å². The van der Waals surface area contributed by atoms with Gasteiger partial charge in [-0.05, 0) is 30.3 Å². The number of nitrogens with zero attached hydrogens (tertiary/aromatic N) is 2. The van der Waals surface area contributed by atoms with Crippen LogP contribution < -0.4 is 0 Å². The van der Waals surface area contributed by atoms with Gasteiger partial charge in [-0.2, -0.15) is 0 Å². The second-order valence-corrected chi connectivity index (χ2v) is 4.83. The Bertz CT molecular complexity index is 255. The van der Waals surface area contributed by atoms with E-state index in [-0.39, 0.29) is 6.10 Å². The molecule has 1 aliphatic rings. The highest BCUT2D eigenvalue weighted by molar-refractivity contribution is 7.05. The Kier molecular flexibility index (Phi) is 3.48. The van der Waals surface area contributed by atoms with Crippen molar-refractivity contribution in [3.63, 3.8) is 0 Å². The fourth-order valence-electron chi connectivity index (χ4n) is 2.16. The minimum Gasteiger partial charge on any atom is -0.387 e. The Morgan fingerprint density at radius 2 is 2.00 bits per heavy atom. The molecule has 1 aromatic heterocycles. The third-order valence-corrected chi connectivity index (χ3v) is 3.75. The van der Waals surface area contributed by atoms with Gasteiger partial charge < -0.3 is 5.11 Å². The lowest BCUT2D eigenvalue weighted by Crippen LogP contribution is -2.10. The normalized spacial score (nSPS) is 21.8. The number of aliphatic hydroxyl groups is 1. The number of hydrogen-bond donors (Lipinski definition) is 1. The van der Waals surface area contributed by atoms with Crippen LogP contribution in [0.2, 0.25) is 0 Å². The zero-order valence-electron chi connectivity index (χ0n) is 8.22. The van der Waals surface area contributed by atoms with Crippen molar-refractivity contribution in [2.24, 2.45) is 5.92 Å². The zero-order chi connectivity index (χ0) is 9.80. The lowest BCUT2D eigenvalue weighted by Gasteiger charge is -2.18. The summed E-state index contributed by atoms with van der Waals surface area (Å²) in [6, 6.07) is 0. The summed E-state index contributed by atoms with van der Waals surface area (Å²) in [5.74, 6) is 0.430. The van der Waals surface area contributed by atoms with Crippen LogP contribution in [-0.2, 0) is 0 Å². The fraction of sp³-hybridized carbons (Fsp3) is 0.800.